The van der Waals surface area contributed by atoms with Gasteiger partial charge in [0.05, 0.1) is 18.8 Å². The number of urea groups is 1. The van der Waals surface area contributed by atoms with E-state index in [1.807, 2.05) is 0 Å². The van der Waals surface area contributed by atoms with Gasteiger partial charge in [0.1, 0.15) is 5.54 Å². The number of benzene rings is 1. The predicted octanol–water partition coefficient (Wildman–Crippen LogP) is 3.56. The molecule has 2 aliphatic carbocycles. The van der Waals surface area contributed by atoms with E-state index >= 15 is 0 Å². The summed E-state index contributed by atoms with van der Waals surface area (Å²) in [7, 11) is 0. The maximum absolute atomic E-state index is 12.9. The van der Waals surface area contributed by atoms with Crippen molar-refractivity contribution in [2.75, 3.05) is 13.2 Å². The van der Waals surface area contributed by atoms with E-state index in [1.165, 1.54) is 25.3 Å². The Kier molecular flexibility index (Phi) is 3.76. The van der Waals surface area contributed by atoms with Gasteiger partial charge in [-0.15, -0.1) is 0 Å². The first-order chi connectivity index (χ1) is 11.8. The molecule has 1 spiro atoms. The van der Waals surface area contributed by atoms with Crippen LogP contribution >= 0.6 is 0 Å². The minimum Gasteiger partial charge on any atom is -0.376 e. The quantitative estimate of drug-likeness (QED) is 0.872. The summed E-state index contributed by atoms with van der Waals surface area (Å²) in [6.45, 7) is 0.354. The molecule has 0 atom stereocenters. The Hall–Kier alpha value is -1.76. The Balaban J connectivity index is 1.42. The fourth-order valence-electron chi connectivity index (χ4n) is 4.22. The van der Waals surface area contributed by atoms with Crippen LogP contribution in [0.15, 0.2) is 24.3 Å². The lowest BCUT2D eigenvalue weighted by Gasteiger charge is -2.54. The van der Waals surface area contributed by atoms with Gasteiger partial charge in [0.15, 0.2) is 0 Å². The van der Waals surface area contributed by atoms with Crippen molar-refractivity contribution < 1.29 is 22.7 Å². The maximum Gasteiger partial charge on any atom is 0.416 e. The van der Waals surface area contributed by atoms with Gasteiger partial charge in [-0.3, -0.25) is 0 Å². The highest BCUT2D eigenvalue weighted by atomic mass is 19.4. The zero-order valence-electron chi connectivity index (χ0n) is 13.8. The molecule has 1 aromatic rings. The molecule has 1 heterocycles. The van der Waals surface area contributed by atoms with E-state index in [9.17, 15) is 18.0 Å². The lowest BCUT2D eigenvalue weighted by atomic mass is 9.54. The normalized spacial score (nSPS) is 24.0. The van der Waals surface area contributed by atoms with Gasteiger partial charge in [0, 0.05) is 6.04 Å². The molecule has 3 fully saturated rings. The highest BCUT2D eigenvalue weighted by molar-refractivity contribution is 5.76. The molecule has 1 saturated heterocycles. The summed E-state index contributed by atoms with van der Waals surface area (Å²) in [4.78, 5) is 12.3. The smallest absolute Gasteiger partial charge is 0.376 e. The second-order valence-corrected chi connectivity index (χ2v) is 7.71. The van der Waals surface area contributed by atoms with E-state index < -0.39 is 17.3 Å². The summed E-state index contributed by atoms with van der Waals surface area (Å²) in [5, 5.41) is 5.80. The molecule has 0 aromatic heterocycles. The van der Waals surface area contributed by atoms with Gasteiger partial charge >= 0.3 is 12.2 Å². The van der Waals surface area contributed by atoms with Crippen molar-refractivity contribution in [1.29, 1.82) is 0 Å². The third-order valence-electron chi connectivity index (χ3n) is 5.90. The lowest BCUT2D eigenvalue weighted by Crippen LogP contribution is -2.63. The van der Waals surface area contributed by atoms with Gasteiger partial charge in [-0.2, -0.15) is 13.2 Å². The van der Waals surface area contributed by atoms with Crippen LogP contribution in [-0.4, -0.2) is 25.3 Å². The maximum atomic E-state index is 12.9. The molecule has 3 aliphatic rings. The molecule has 2 saturated carbocycles. The summed E-state index contributed by atoms with van der Waals surface area (Å²) < 4.78 is 44.0. The number of hydrogen-bond donors (Lipinski definition) is 2. The molecule has 0 radical (unpaired) electrons. The third kappa shape index (κ3) is 2.99. The zero-order valence-corrected chi connectivity index (χ0v) is 13.8. The van der Waals surface area contributed by atoms with Crippen LogP contribution in [0.25, 0.3) is 0 Å². The summed E-state index contributed by atoms with van der Waals surface area (Å²) in [6, 6.07) is 4.92. The van der Waals surface area contributed by atoms with Crippen molar-refractivity contribution in [3.05, 3.63) is 35.4 Å². The molecule has 1 aliphatic heterocycles. The molecular formula is C18H21F3N2O2. The largest absolute Gasteiger partial charge is 0.416 e. The number of alkyl halides is 3. The lowest BCUT2D eigenvalue weighted by molar-refractivity contribution is -0.137. The standard InChI is InChI=1S/C18H21F3N2O2/c19-18(20,21)13-4-1-3-12(7-13)17(10-25-11-17)23-15(24)22-14-8-16(9-14)5-2-6-16/h1,3-4,7,14H,2,5-6,8-11H2,(H2,22,23,24). The first-order valence-electron chi connectivity index (χ1n) is 8.65. The predicted molar refractivity (Wildman–Crippen MR) is 84.9 cm³/mol. The van der Waals surface area contributed by atoms with Crippen LogP contribution in [0, 0.1) is 5.41 Å². The molecule has 4 nitrogen and oxygen atoms in total. The van der Waals surface area contributed by atoms with Crippen LogP contribution in [-0.2, 0) is 16.5 Å². The van der Waals surface area contributed by atoms with Gasteiger partial charge in [-0.25, -0.2) is 4.79 Å². The van der Waals surface area contributed by atoms with Gasteiger partial charge in [-0.05, 0) is 48.8 Å². The van der Waals surface area contributed by atoms with Crippen molar-refractivity contribution in [3.63, 3.8) is 0 Å². The topological polar surface area (TPSA) is 50.4 Å². The van der Waals surface area contributed by atoms with Crippen LogP contribution < -0.4 is 10.6 Å². The molecule has 2 N–H and O–H groups in total. The van der Waals surface area contributed by atoms with Crippen molar-refractivity contribution in [2.45, 2.75) is 49.9 Å². The van der Waals surface area contributed by atoms with E-state index in [4.69, 9.17) is 4.74 Å². The van der Waals surface area contributed by atoms with E-state index in [2.05, 4.69) is 10.6 Å². The van der Waals surface area contributed by atoms with Crippen molar-refractivity contribution in [1.82, 2.24) is 10.6 Å². The van der Waals surface area contributed by atoms with Crippen molar-refractivity contribution in [3.8, 4) is 0 Å². The molecule has 0 bridgehead atoms. The van der Waals surface area contributed by atoms with Crippen LogP contribution in [0.2, 0.25) is 0 Å². The number of hydrogen-bond acceptors (Lipinski definition) is 2. The minimum absolute atomic E-state index is 0.167. The number of rotatable bonds is 3. The van der Waals surface area contributed by atoms with E-state index in [0.717, 1.165) is 25.0 Å². The number of amides is 2. The summed E-state index contributed by atoms with van der Waals surface area (Å²) in [6.07, 6.45) is 1.37. The molecule has 1 aromatic carbocycles. The minimum atomic E-state index is -4.41. The molecule has 7 heteroatoms. The van der Waals surface area contributed by atoms with E-state index in [1.54, 1.807) is 6.07 Å². The molecule has 2 amide bonds. The average molecular weight is 354 g/mol. The number of halogens is 3. The van der Waals surface area contributed by atoms with Crippen LogP contribution in [0.5, 0.6) is 0 Å². The first kappa shape index (κ1) is 16.7. The number of carbonyl (C=O) groups excluding carboxylic acids is 1. The molecule has 25 heavy (non-hydrogen) atoms. The molecule has 4 rings (SSSR count). The first-order valence-corrected chi connectivity index (χ1v) is 8.65. The molecule has 0 unspecified atom stereocenters. The van der Waals surface area contributed by atoms with Gasteiger partial charge in [0.2, 0.25) is 0 Å². The van der Waals surface area contributed by atoms with Crippen molar-refractivity contribution in [2.24, 2.45) is 5.41 Å². The number of carbonyl (C=O) groups is 1. The molecule has 136 valence electrons. The number of ether oxygens (including phenoxy) is 1. The fourth-order valence-corrected chi connectivity index (χ4v) is 4.22. The van der Waals surface area contributed by atoms with Gasteiger partial charge in [0.25, 0.3) is 0 Å². The Labute approximate surface area is 144 Å². The second-order valence-electron chi connectivity index (χ2n) is 7.71. The Morgan fingerprint density at radius 3 is 2.44 bits per heavy atom. The van der Waals surface area contributed by atoms with Crippen LogP contribution in [0.1, 0.15) is 43.2 Å². The highest BCUT2D eigenvalue weighted by Crippen LogP contribution is 2.55. The Morgan fingerprint density at radius 2 is 1.92 bits per heavy atom. The summed E-state index contributed by atoms with van der Waals surface area (Å²) in [5.41, 5.74) is -0.725. The monoisotopic (exact) mass is 354 g/mol. The third-order valence-corrected chi connectivity index (χ3v) is 5.90. The van der Waals surface area contributed by atoms with E-state index in [0.29, 0.717) is 11.0 Å². The Bertz CT molecular complexity index is 673. The Morgan fingerprint density at radius 1 is 1.20 bits per heavy atom. The molecular weight excluding hydrogens is 333 g/mol. The van der Waals surface area contributed by atoms with Crippen molar-refractivity contribution >= 4 is 6.03 Å². The van der Waals surface area contributed by atoms with Crippen LogP contribution in [0.4, 0.5) is 18.0 Å². The zero-order chi connectivity index (χ0) is 17.7. The second kappa shape index (κ2) is 5.62. The summed E-state index contributed by atoms with van der Waals surface area (Å²) >= 11 is 0. The number of nitrogens with one attached hydrogen (secondary N) is 2. The van der Waals surface area contributed by atoms with Gasteiger partial charge < -0.3 is 15.4 Å². The summed E-state index contributed by atoms with van der Waals surface area (Å²) in [5.74, 6) is 0. The van der Waals surface area contributed by atoms with Crippen LogP contribution in [0.3, 0.4) is 0 Å². The van der Waals surface area contributed by atoms with E-state index in [-0.39, 0.29) is 25.3 Å². The SMILES string of the molecule is O=C(NC1CC2(CCC2)C1)NC1(c2cccc(C(F)(F)F)c2)COC1. The van der Waals surface area contributed by atoms with Gasteiger partial charge in [-0.1, -0.05) is 18.6 Å². The highest BCUT2D eigenvalue weighted by Gasteiger charge is 2.49. The fraction of sp³-hybridized carbons (Fsp3) is 0.611. The average Bonchev–Trinajstić information content (AvgIpc) is 2.43.